The van der Waals surface area contributed by atoms with E-state index in [-0.39, 0.29) is 11.3 Å². The van der Waals surface area contributed by atoms with Crippen LogP contribution < -0.4 is 0 Å². The summed E-state index contributed by atoms with van der Waals surface area (Å²) < 4.78 is 18.4. The van der Waals surface area contributed by atoms with Crippen LogP contribution in [0, 0.1) is 5.82 Å². The number of rotatable bonds is 5. The molecule has 1 unspecified atom stereocenters. The van der Waals surface area contributed by atoms with Crippen molar-refractivity contribution in [3.8, 4) is 0 Å². The lowest BCUT2D eigenvalue weighted by Gasteiger charge is -2.26. The summed E-state index contributed by atoms with van der Waals surface area (Å²) >= 11 is 0. The summed E-state index contributed by atoms with van der Waals surface area (Å²) in [6.07, 6.45) is 2.97. The molecule has 0 saturated carbocycles. The molecule has 1 aromatic heterocycles. The Hall–Kier alpha value is -1.29. The van der Waals surface area contributed by atoms with Crippen LogP contribution in [0.2, 0.25) is 0 Å². The van der Waals surface area contributed by atoms with Crippen LogP contribution in [0.15, 0.2) is 18.5 Å². The summed E-state index contributed by atoms with van der Waals surface area (Å²) in [6, 6.07) is 1.18. The van der Waals surface area contributed by atoms with Gasteiger partial charge in [0.1, 0.15) is 11.4 Å². The minimum Gasteiger partial charge on any atom is -0.367 e. The van der Waals surface area contributed by atoms with E-state index in [0.29, 0.717) is 13.0 Å². The second-order valence-corrected chi connectivity index (χ2v) is 3.74. The number of halogens is 1. The van der Waals surface area contributed by atoms with Gasteiger partial charge in [-0.1, -0.05) is 6.92 Å². The number of carbonyl (C=O) groups is 1. The topological polar surface area (TPSA) is 39.2 Å². The first-order valence-electron chi connectivity index (χ1n) is 5.32. The number of aromatic nitrogens is 1. The van der Waals surface area contributed by atoms with E-state index in [1.165, 1.54) is 12.3 Å². The highest BCUT2D eigenvalue weighted by Gasteiger charge is 2.32. The molecule has 1 aromatic rings. The van der Waals surface area contributed by atoms with Crippen LogP contribution in [0.1, 0.15) is 37.6 Å². The maximum atomic E-state index is 12.9. The lowest BCUT2D eigenvalue weighted by Crippen LogP contribution is -2.38. The van der Waals surface area contributed by atoms with Gasteiger partial charge in [-0.05, 0) is 26.3 Å². The van der Waals surface area contributed by atoms with E-state index < -0.39 is 11.4 Å². The van der Waals surface area contributed by atoms with Gasteiger partial charge >= 0.3 is 0 Å². The smallest absolute Gasteiger partial charge is 0.195 e. The Morgan fingerprint density at radius 3 is 2.69 bits per heavy atom. The second-order valence-electron chi connectivity index (χ2n) is 3.74. The second kappa shape index (κ2) is 5.16. The zero-order chi connectivity index (χ0) is 12.2. The van der Waals surface area contributed by atoms with Crippen LogP contribution in [-0.2, 0) is 4.74 Å². The summed E-state index contributed by atoms with van der Waals surface area (Å²) in [5, 5.41) is 0. The first-order valence-corrected chi connectivity index (χ1v) is 5.32. The molecule has 4 heteroatoms. The van der Waals surface area contributed by atoms with Crippen molar-refractivity contribution >= 4 is 5.78 Å². The molecule has 0 aliphatic heterocycles. The predicted octanol–water partition coefficient (Wildman–Crippen LogP) is 2.61. The average molecular weight is 225 g/mol. The van der Waals surface area contributed by atoms with Crippen molar-refractivity contribution in [1.29, 1.82) is 0 Å². The van der Waals surface area contributed by atoms with E-state index in [4.69, 9.17) is 4.74 Å². The molecule has 0 fully saturated rings. The molecule has 0 radical (unpaired) electrons. The fourth-order valence-corrected chi connectivity index (χ4v) is 1.49. The van der Waals surface area contributed by atoms with Gasteiger partial charge in [-0.2, -0.15) is 0 Å². The third-order valence-electron chi connectivity index (χ3n) is 2.58. The van der Waals surface area contributed by atoms with E-state index in [0.717, 1.165) is 6.20 Å². The van der Waals surface area contributed by atoms with Gasteiger partial charge in [0.15, 0.2) is 5.78 Å². The molecule has 16 heavy (non-hydrogen) atoms. The predicted molar refractivity (Wildman–Crippen MR) is 58.8 cm³/mol. The molecule has 0 aliphatic carbocycles. The molecule has 1 rings (SSSR count). The van der Waals surface area contributed by atoms with E-state index in [2.05, 4.69) is 4.98 Å². The van der Waals surface area contributed by atoms with Crippen LogP contribution in [0.4, 0.5) is 4.39 Å². The van der Waals surface area contributed by atoms with E-state index in [1.807, 2.05) is 13.8 Å². The molecule has 1 atom stereocenters. The van der Waals surface area contributed by atoms with Crippen LogP contribution in [0.3, 0.4) is 0 Å². The molecule has 0 amide bonds. The molecule has 0 aromatic carbocycles. The number of ether oxygens (including phenoxy) is 1. The molecule has 88 valence electrons. The molecule has 1 heterocycles. The van der Waals surface area contributed by atoms with E-state index in [9.17, 15) is 9.18 Å². The summed E-state index contributed by atoms with van der Waals surface area (Å²) in [5.74, 6) is -0.746. The molecule has 0 spiro atoms. The number of carbonyl (C=O) groups excluding carboxylic acids is 1. The van der Waals surface area contributed by atoms with Crippen molar-refractivity contribution in [2.45, 2.75) is 32.8 Å². The molecule has 0 aliphatic rings. The number of pyridine rings is 1. The van der Waals surface area contributed by atoms with Crippen molar-refractivity contribution < 1.29 is 13.9 Å². The largest absolute Gasteiger partial charge is 0.367 e. The lowest BCUT2D eigenvalue weighted by atomic mass is 9.93. The zero-order valence-corrected chi connectivity index (χ0v) is 9.79. The summed E-state index contributed by atoms with van der Waals surface area (Å²) in [7, 11) is 0. The fraction of sp³-hybridized carbons (Fsp3) is 0.500. The Balaban J connectivity index is 3.00. The molecular weight excluding hydrogens is 209 g/mol. The number of nitrogens with zero attached hydrogens (tertiary/aromatic N) is 1. The summed E-state index contributed by atoms with van der Waals surface area (Å²) in [6.45, 7) is 5.84. The normalized spacial score (nSPS) is 14.5. The Labute approximate surface area is 94.6 Å². The average Bonchev–Trinajstić information content (AvgIpc) is 2.28. The Kier molecular flexibility index (Phi) is 4.12. The SMILES string of the molecule is CCOC(C)(CC)C(=O)c1cncc(F)c1. The Morgan fingerprint density at radius 2 is 2.19 bits per heavy atom. The minimum atomic E-state index is -0.899. The van der Waals surface area contributed by atoms with Crippen molar-refractivity contribution in [1.82, 2.24) is 4.98 Å². The van der Waals surface area contributed by atoms with Crippen LogP contribution in [-0.4, -0.2) is 23.0 Å². The van der Waals surface area contributed by atoms with E-state index >= 15 is 0 Å². The van der Waals surface area contributed by atoms with Gasteiger partial charge in [0, 0.05) is 18.4 Å². The Morgan fingerprint density at radius 1 is 1.50 bits per heavy atom. The number of ketones is 1. The summed E-state index contributed by atoms with van der Waals surface area (Å²) in [4.78, 5) is 15.8. The fourth-order valence-electron chi connectivity index (χ4n) is 1.49. The minimum absolute atomic E-state index is 0.233. The van der Waals surface area contributed by atoms with E-state index in [1.54, 1.807) is 6.92 Å². The van der Waals surface area contributed by atoms with Gasteiger partial charge in [0.05, 0.1) is 6.20 Å². The van der Waals surface area contributed by atoms with Gasteiger partial charge in [-0.15, -0.1) is 0 Å². The standard InChI is InChI=1S/C12H16FNO2/c1-4-12(3,16-5-2)11(15)9-6-10(13)8-14-7-9/h6-8H,4-5H2,1-3H3. The van der Waals surface area contributed by atoms with Gasteiger partial charge in [0.2, 0.25) is 0 Å². The van der Waals surface area contributed by atoms with Crippen LogP contribution >= 0.6 is 0 Å². The highest BCUT2D eigenvalue weighted by molar-refractivity contribution is 6.01. The highest BCUT2D eigenvalue weighted by Crippen LogP contribution is 2.21. The quantitative estimate of drug-likeness (QED) is 0.723. The third kappa shape index (κ3) is 2.64. The first-order chi connectivity index (χ1) is 7.53. The maximum Gasteiger partial charge on any atom is 0.195 e. The number of Topliss-reactive ketones (excluding diaryl/α,β-unsaturated/α-hetero) is 1. The highest BCUT2D eigenvalue weighted by atomic mass is 19.1. The monoisotopic (exact) mass is 225 g/mol. The number of hydrogen-bond donors (Lipinski definition) is 0. The van der Waals surface area contributed by atoms with Crippen LogP contribution in [0.25, 0.3) is 0 Å². The molecular formula is C12H16FNO2. The summed E-state index contributed by atoms with van der Waals surface area (Å²) in [5.41, 5.74) is -0.651. The van der Waals surface area contributed by atoms with Gasteiger partial charge in [-0.25, -0.2) is 4.39 Å². The maximum absolute atomic E-state index is 12.9. The van der Waals surface area contributed by atoms with Crippen LogP contribution in [0.5, 0.6) is 0 Å². The Bertz CT molecular complexity index is 381. The van der Waals surface area contributed by atoms with Crippen molar-refractivity contribution in [3.63, 3.8) is 0 Å². The van der Waals surface area contributed by atoms with Crippen molar-refractivity contribution in [2.75, 3.05) is 6.61 Å². The van der Waals surface area contributed by atoms with Crippen molar-refractivity contribution in [3.05, 3.63) is 29.8 Å². The van der Waals surface area contributed by atoms with Gasteiger partial charge < -0.3 is 4.74 Å². The zero-order valence-electron chi connectivity index (χ0n) is 9.79. The van der Waals surface area contributed by atoms with Gasteiger partial charge in [-0.3, -0.25) is 9.78 Å². The van der Waals surface area contributed by atoms with Gasteiger partial charge in [0.25, 0.3) is 0 Å². The third-order valence-corrected chi connectivity index (χ3v) is 2.58. The van der Waals surface area contributed by atoms with Crippen molar-refractivity contribution in [2.24, 2.45) is 0 Å². The molecule has 0 saturated heterocycles. The lowest BCUT2D eigenvalue weighted by molar-refractivity contribution is -0.0116. The number of hydrogen-bond acceptors (Lipinski definition) is 3. The first kappa shape index (κ1) is 12.8. The molecule has 3 nitrogen and oxygen atoms in total. The molecule has 0 bridgehead atoms. The molecule has 0 N–H and O–H groups in total.